The SMILES string of the molecule is CC(c1cccc(N)c1)N(C)C(=O)c1ccc(Cl)cc1Br. The molecule has 0 radical (unpaired) electrons. The van der Waals surface area contributed by atoms with Crippen molar-refractivity contribution in [3.63, 3.8) is 0 Å². The molecular weight excluding hydrogens is 352 g/mol. The summed E-state index contributed by atoms with van der Waals surface area (Å²) in [7, 11) is 1.78. The highest BCUT2D eigenvalue weighted by molar-refractivity contribution is 9.10. The number of nitrogens with zero attached hydrogens (tertiary/aromatic N) is 1. The Bertz CT molecular complexity index is 675. The van der Waals surface area contributed by atoms with Gasteiger partial charge in [-0.25, -0.2) is 0 Å². The second-order valence-electron chi connectivity index (χ2n) is 4.89. The number of hydrogen-bond donors (Lipinski definition) is 1. The second-order valence-corrected chi connectivity index (χ2v) is 6.18. The number of carbonyl (C=O) groups excluding carboxylic acids is 1. The van der Waals surface area contributed by atoms with Crippen LogP contribution in [0.5, 0.6) is 0 Å². The van der Waals surface area contributed by atoms with Crippen LogP contribution in [0.3, 0.4) is 0 Å². The van der Waals surface area contributed by atoms with E-state index in [0.717, 1.165) is 5.56 Å². The number of nitrogen functional groups attached to an aromatic ring is 1. The lowest BCUT2D eigenvalue weighted by Gasteiger charge is -2.26. The number of rotatable bonds is 3. The fourth-order valence-electron chi connectivity index (χ4n) is 2.07. The van der Waals surface area contributed by atoms with E-state index in [1.54, 1.807) is 30.1 Å². The average molecular weight is 368 g/mol. The molecule has 0 spiro atoms. The molecule has 0 aromatic heterocycles. The molecular formula is C16H16BrClN2O. The molecule has 0 saturated heterocycles. The first-order valence-electron chi connectivity index (χ1n) is 6.48. The summed E-state index contributed by atoms with van der Waals surface area (Å²) in [6.07, 6.45) is 0. The zero-order valence-electron chi connectivity index (χ0n) is 11.8. The van der Waals surface area contributed by atoms with Crippen molar-refractivity contribution in [2.75, 3.05) is 12.8 Å². The third kappa shape index (κ3) is 3.57. The van der Waals surface area contributed by atoms with Crippen LogP contribution in [0, 0.1) is 0 Å². The van der Waals surface area contributed by atoms with E-state index in [0.29, 0.717) is 20.7 Å². The molecule has 0 fully saturated rings. The summed E-state index contributed by atoms with van der Waals surface area (Å²) in [6, 6.07) is 12.6. The number of benzene rings is 2. The van der Waals surface area contributed by atoms with Crippen LogP contribution in [0.25, 0.3) is 0 Å². The van der Waals surface area contributed by atoms with Gasteiger partial charge in [-0.05, 0) is 58.7 Å². The average Bonchev–Trinajstić information content (AvgIpc) is 2.45. The molecule has 0 bridgehead atoms. The summed E-state index contributed by atoms with van der Waals surface area (Å²) in [5.41, 5.74) is 8.06. The maximum Gasteiger partial charge on any atom is 0.255 e. The Balaban J connectivity index is 2.26. The normalized spacial score (nSPS) is 12.0. The standard InChI is InChI=1S/C16H16BrClN2O/c1-10(11-4-3-5-13(19)8-11)20(2)16(21)14-7-6-12(18)9-15(14)17/h3-10H,19H2,1-2H3. The lowest BCUT2D eigenvalue weighted by Crippen LogP contribution is -2.30. The first kappa shape index (κ1) is 15.9. The molecule has 1 unspecified atom stereocenters. The highest BCUT2D eigenvalue weighted by Crippen LogP contribution is 2.26. The lowest BCUT2D eigenvalue weighted by atomic mass is 10.1. The van der Waals surface area contributed by atoms with E-state index in [-0.39, 0.29) is 11.9 Å². The van der Waals surface area contributed by atoms with Gasteiger partial charge < -0.3 is 10.6 Å². The van der Waals surface area contributed by atoms with E-state index in [1.165, 1.54) is 0 Å². The van der Waals surface area contributed by atoms with E-state index in [9.17, 15) is 4.79 Å². The van der Waals surface area contributed by atoms with Crippen LogP contribution in [-0.2, 0) is 0 Å². The van der Waals surface area contributed by atoms with Crippen molar-refractivity contribution >= 4 is 39.1 Å². The molecule has 2 aromatic rings. The molecule has 0 aliphatic carbocycles. The molecule has 5 heteroatoms. The summed E-state index contributed by atoms with van der Waals surface area (Å²) < 4.78 is 0.687. The molecule has 3 nitrogen and oxygen atoms in total. The zero-order valence-corrected chi connectivity index (χ0v) is 14.1. The van der Waals surface area contributed by atoms with Gasteiger partial charge in [0.15, 0.2) is 0 Å². The van der Waals surface area contributed by atoms with Gasteiger partial charge in [-0.2, -0.15) is 0 Å². The fourth-order valence-corrected chi connectivity index (χ4v) is 2.92. The number of anilines is 1. The molecule has 21 heavy (non-hydrogen) atoms. The Kier molecular flexibility index (Phi) is 4.91. The number of nitrogens with two attached hydrogens (primary N) is 1. The molecule has 110 valence electrons. The minimum atomic E-state index is -0.0800. The van der Waals surface area contributed by atoms with E-state index in [4.69, 9.17) is 17.3 Å². The summed E-state index contributed by atoms with van der Waals surface area (Å²) in [6.45, 7) is 1.97. The smallest absolute Gasteiger partial charge is 0.255 e. The summed E-state index contributed by atoms with van der Waals surface area (Å²) in [4.78, 5) is 14.3. The Morgan fingerprint density at radius 3 is 2.62 bits per heavy atom. The first-order valence-corrected chi connectivity index (χ1v) is 7.65. The quantitative estimate of drug-likeness (QED) is 0.811. The van der Waals surface area contributed by atoms with Crippen LogP contribution in [0.15, 0.2) is 46.9 Å². The predicted octanol–water partition coefficient (Wildman–Crippen LogP) is 4.52. The maximum absolute atomic E-state index is 12.6. The minimum absolute atomic E-state index is 0.0755. The van der Waals surface area contributed by atoms with E-state index < -0.39 is 0 Å². The van der Waals surface area contributed by atoms with Gasteiger partial charge in [0, 0.05) is 22.2 Å². The zero-order chi connectivity index (χ0) is 15.6. The van der Waals surface area contributed by atoms with Gasteiger partial charge >= 0.3 is 0 Å². The van der Waals surface area contributed by atoms with Crippen LogP contribution >= 0.6 is 27.5 Å². The molecule has 1 amide bonds. The number of halogens is 2. The van der Waals surface area contributed by atoms with Gasteiger partial charge in [-0.1, -0.05) is 23.7 Å². The van der Waals surface area contributed by atoms with Crippen LogP contribution in [0.2, 0.25) is 5.02 Å². The summed E-state index contributed by atoms with van der Waals surface area (Å²) >= 11 is 9.29. The first-order chi connectivity index (χ1) is 9.90. The molecule has 2 N–H and O–H groups in total. The third-order valence-corrected chi connectivity index (χ3v) is 4.35. The molecule has 2 aromatic carbocycles. The van der Waals surface area contributed by atoms with Gasteiger partial charge in [0.25, 0.3) is 5.91 Å². The monoisotopic (exact) mass is 366 g/mol. The van der Waals surface area contributed by atoms with Crippen molar-refractivity contribution in [2.24, 2.45) is 0 Å². The van der Waals surface area contributed by atoms with Crippen LogP contribution in [0.1, 0.15) is 28.9 Å². The van der Waals surface area contributed by atoms with Crippen molar-refractivity contribution in [1.29, 1.82) is 0 Å². The van der Waals surface area contributed by atoms with Gasteiger partial charge in [0.05, 0.1) is 11.6 Å². The lowest BCUT2D eigenvalue weighted by molar-refractivity contribution is 0.0742. The van der Waals surface area contributed by atoms with Crippen LogP contribution in [-0.4, -0.2) is 17.9 Å². The van der Waals surface area contributed by atoms with E-state index >= 15 is 0 Å². The Morgan fingerprint density at radius 2 is 2.00 bits per heavy atom. The molecule has 0 heterocycles. The molecule has 0 aliphatic rings. The van der Waals surface area contributed by atoms with Gasteiger partial charge in [-0.3, -0.25) is 4.79 Å². The number of amides is 1. The van der Waals surface area contributed by atoms with Crippen LogP contribution in [0.4, 0.5) is 5.69 Å². The minimum Gasteiger partial charge on any atom is -0.399 e. The van der Waals surface area contributed by atoms with E-state index in [1.807, 2.05) is 31.2 Å². The number of hydrogen-bond acceptors (Lipinski definition) is 2. The van der Waals surface area contributed by atoms with Crippen molar-refractivity contribution < 1.29 is 4.79 Å². The Morgan fingerprint density at radius 1 is 1.29 bits per heavy atom. The Hall–Kier alpha value is -1.52. The largest absolute Gasteiger partial charge is 0.399 e. The second kappa shape index (κ2) is 6.50. The van der Waals surface area contributed by atoms with Crippen molar-refractivity contribution in [3.8, 4) is 0 Å². The maximum atomic E-state index is 12.6. The van der Waals surface area contributed by atoms with Gasteiger partial charge in [-0.15, -0.1) is 0 Å². The number of carbonyl (C=O) groups is 1. The van der Waals surface area contributed by atoms with Gasteiger partial charge in [0.2, 0.25) is 0 Å². The summed E-state index contributed by atoms with van der Waals surface area (Å²) in [5.74, 6) is -0.0755. The van der Waals surface area contributed by atoms with Crippen molar-refractivity contribution in [1.82, 2.24) is 4.90 Å². The Labute approximate surface area is 137 Å². The van der Waals surface area contributed by atoms with Crippen LogP contribution < -0.4 is 5.73 Å². The highest BCUT2D eigenvalue weighted by atomic mass is 79.9. The molecule has 0 aliphatic heterocycles. The predicted molar refractivity (Wildman–Crippen MR) is 90.5 cm³/mol. The van der Waals surface area contributed by atoms with E-state index in [2.05, 4.69) is 15.9 Å². The molecule has 2 rings (SSSR count). The van der Waals surface area contributed by atoms with Crippen molar-refractivity contribution in [2.45, 2.75) is 13.0 Å². The van der Waals surface area contributed by atoms with Crippen molar-refractivity contribution in [3.05, 3.63) is 63.1 Å². The van der Waals surface area contributed by atoms with Gasteiger partial charge in [0.1, 0.15) is 0 Å². The topological polar surface area (TPSA) is 46.3 Å². The molecule has 1 atom stereocenters. The third-order valence-electron chi connectivity index (χ3n) is 3.46. The summed E-state index contributed by atoms with van der Waals surface area (Å²) in [5, 5.41) is 0.588. The molecule has 0 saturated carbocycles. The highest BCUT2D eigenvalue weighted by Gasteiger charge is 2.20. The fraction of sp³-hybridized carbons (Fsp3) is 0.188.